The predicted molar refractivity (Wildman–Crippen MR) is 102 cm³/mol. The molecule has 0 bridgehead atoms. The van der Waals surface area contributed by atoms with Crippen LogP contribution in [0.1, 0.15) is 30.4 Å². The molecular weight excluding hydrogens is 395 g/mol. The molecule has 27 heavy (non-hydrogen) atoms. The second-order valence-electron chi connectivity index (χ2n) is 6.42. The van der Waals surface area contributed by atoms with Gasteiger partial charge in [-0.1, -0.05) is 30.1 Å². The second kappa shape index (κ2) is 8.71. The van der Waals surface area contributed by atoms with E-state index in [9.17, 15) is 14.9 Å². The second-order valence-corrected chi connectivity index (χ2v) is 7.15. The van der Waals surface area contributed by atoms with Gasteiger partial charge in [0.25, 0.3) is 0 Å². The molecule has 1 N–H and O–H groups in total. The Bertz CT molecular complexity index is 861. The highest BCUT2D eigenvalue weighted by Crippen LogP contribution is 2.25. The molecule has 0 aliphatic carbocycles. The fraction of sp³-hybridized carbons (Fsp3) is 0.562. The van der Waals surface area contributed by atoms with Gasteiger partial charge in [0.1, 0.15) is 21.6 Å². The van der Waals surface area contributed by atoms with Crippen LogP contribution in [-0.2, 0) is 17.9 Å². The molecule has 2 heterocycles. The minimum absolute atomic E-state index is 0.00679. The Hall–Kier alpha value is -2.13. The number of hydrogen-bond acceptors (Lipinski definition) is 5. The molecule has 2 aromatic heterocycles. The van der Waals surface area contributed by atoms with Crippen molar-refractivity contribution in [3.8, 4) is 0 Å². The average Bonchev–Trinajstić information content (AvgIpc) is 3.01. The van der Waals surface area contributed by atoms with E-state index in [1.165, 1.54) is 4.68 Å². The largest absolute Gasteiger partial charge is 0.356 e. The van der Waals surface area contributed by atoms with Gasteiger partial charge >= 0.3 is 5.69 Å². The minimum atomic E-state index is -0.451. The molecule has 0 spiro atoms. The summed E-state index contributed by atoms with van der Waals surface area (Å²) >= 11 is 12.1. The van der Waals surface area contributed by atoms with Crippen LogP contribution in [0.2, 0.25) is 10.2 Å². The fourth-order valence-electron chi connectivity index (χ4n) is 2.77. The van der Waals surface area contributed by atoms with Gasteiger partial charge < -0.3 is 5.32 Å². The summed E-state index contributed by atoms with van der Waals surface area (Å²) in [6.07, 6.45) is 0.640. The molecule has 0 aliphatic heterocycles. The van der Waals surface area contributed by atoms with Crippen molar-refractivity contribution in [2.75, 3.05) is 6.54 Å². The number of carbonyl (C=O) groups is 1. The molecule has 0 saturated heterocycles. The summed E-state index contributed by atoms with van der Waals surface area (Å²) in [7, 11) is 0. The molecule has 1 atom stereocenters. The zero-order valence-electron chi connectivity index (χ0n) is 15.6. The smallest absolute Gasteiger partial charge is 0.312 e. The zero-order valence-corrected chi connectivity index (χ0v) is 17.1. The number of nitrogens with zero attached hydrogens (tertiary/aromatic N) is 5. The molecule has 9 nitrogen and oxygen atoms in total. The van der Waals surface area contributed by atoms with E-state index in [0.717, 1.165) is 0 Å². The van der Waals surface area contributed by atoms with Crippen LogP contribution < -0.4 is 5.32 Å². The lowest BCUT2D eigenvalue weighted by Crippen LogP contribution is -2.33. The molecule has 0 fully saturated rings. The van der Waals surface area contributed by atoms with E-state index in [1.807, 2.05) is 0 Å². The predicted octanol–water partition coefficient (Wildman–Crippen LogP) is 3.06. The number of carbonyl (C=O) groups excluding carboxylic acids is 1. The first-order valence-electron chi connectivity index (χ1n) is 8.48. The average molecular weight is 417 g/mol. The molecule has 1 amide bonds. The summed E-state index contributed by atoms with van der Waals surface area (Å²) < 4.78 is 3.11. The Balaban J connectivity index is 1.85. The molecule has 0 saturated carbocycles. The van der Waals surface area contributed by atoms with Crippen LogP contribution in [0.3, 0.4) is 0 Å². The van der Waals surface area contributed by atoms with Crippen LogP contribution >= 0.6 is 23.2 Å². The monoisotopic (exact) mass is 416 g/mol. The number of nitrogens with one attached hydrogen (secondary N) is 1. The number of nitro groups is 1. The number of aromatic nitrogens is 4. The highest BCUT2D eigenvalue weighted by molar-refractivity contribution is 6.41. The Labute approximate surface area is 166 Å². The molecule has 0 aromatic carbocycles. The fourth-order valence-corrected chi connectivity index (χ4v) is 3.16. The van der Waals surface area contributed by atoms with Gasteiger partial charge in [0.05, 0.1) is 23.1 Å². The summed E-state index contributed by atoms with van der Waals surface area (Å²) in [4.78, 5) is 22.9. The molecule has 0 radical (unpaired) electrons. The minimum Gasteiger partial charge on any atom is -0.356 e. The molecule has 1 unspecified atom stereocenters. The Kier molecular flexibility index (Phi) is 6.83. The lowest BCUT2D eigenvalue weighted by molar-refractivity contribution is -0.386. The SMILES string of the molecule is Cc1nn(CCCNC(=O)C(C)Cn2nc(C)c([N+](=O)[O-])c2C)c(Cl)c1Cl. The summed E-state index contributed by atoms with van der Waals surface area (Å²) in [5.74, 6) is -0.529. The standard InChI is InChI=1S/C16H22Cl2N6O3/c1-9(8-23-12(4)14(24(26)27)11(3)21-23)16(25)19-6-5-7-22-15(18)13(17)10(2)20-22/h9H,5-8H2,1-4H3,(H,19,25). The molecule has 0 aliphatic rings. The Morgan fingerprint density at radius 3 is 2.37 bits per heavy atom. The zero-order chi connectivity index (χ0) is 20.3. The van der Waals surface area contributed by atoms with Gasteiger partial charge in [0, 0.05) is 13.1 Å². The van der Waals surface area contributed by atoms with Crippen molar-refractivity contribution in [1.82, 2.24) is 24.9 Å². The Morgan fingerprint density at radius 2 is 1.85 bits per heavy atom. The van der Waals surface area contributed by atoms with Crippen molar-refractivity contribution >= 4 is 34.8 Å². The highest BCUT2D eigenvalue weighted by atomic mass is 35.5. The van der Waals surface area contributed by atoms with E-state index in [-0.39, 0.29) is 24.1 Å². The maximum Gasteiger partial charge on any atom is 0.312 e. The van der Waals surface area contributed by atoms with Gasteiger partial charge in [0.2, 0.25) is 5.91 Å². The maximum atomic E-state index is 12.3. The third kappa shape index (κ3) is 4.78. The lowest BCUT2D eigenvalue weighted by atomic mass is 10.1. The van der Waals surface area contributed by atoms with Crippen LogP contribution in [0, 0.1) is 36.8 Å². The van der Waals surface area contributed by atoms with E-state index in [0.29, 0.717) is 46.8 Å². The van der Waals surface area contributed by atoms with E-state index in [1.54, 1.807) is 32.4 Å². The van der Waals surface area contributed by atoms with Gasteiger partial charge in [-0.2, -0.15) is 10.2 Å². The van der Waals surface area contributed by atoms with Crippen molar-refractivity contribution in [3.05, 3.63) is 37.4 Å². The Morgan fingerprint density at radius 1 is 1.22 bits per heavy atom. The number of halogens is 2. The van der Waals surface area contributed by atoms with Crippen LogP contribution in [0.25, 0.3) is 0 Å². The lowest BCUT2D eigenvalue weighted by Gasteiger charge is -2.13. The maximum absolute atomic E-state index is 12.3. The summed E-state index contributed by atoms with van der Waals surface area (Å²) in [5.41, 5.74) is 1.44. The van der Waals surface area contributed by atoms with Crippen molar-refractivity contribution in [2.45, 2.75) is 47.2 Å². The van der Waals surface area contributed by atoms with Crippen molar-refractivity contribution in [2.24, 2.45) is 5.92 Å². The van der Waals surface area contributed by atoms with Crippen molar-refractivity contribution in [3.63, 3.8) is 0 Å². The normalized spacial score (nSPS) is 12.2. The molecular formula is C16H22Cl2N6O3. The third-order valence-electron chi connectivity index (χ3n) is 4.26. The van der Waals surface area contributed by atoms with E-state index >= 15 is 0 Å². The number of rotatable bonds is 8. The van der Waals surface area contributed by atoms with Crippen LogP contribution in [0.5, 0.6) is 0 Å². The van der Waals surface area contributed by atoms with Crippen molar-refractivity contribution < 1.29 is 9.72 Å². The molecule has 11 heteroatoms. The molecule has 2 rings (SSSR count). The van der Waals surface area contributed by atoms with Crippen LogP contribution in [-0.4, -0.2) is 36.9 Å². The highest BCUT2D eigenvalue weighted by Gasteiger charge is 2.24. The third-order valence-corrected chi connectivity index (χ3v) is 5.20. The topological polar surface area (TPSA) is 108 Å². The molecule has 2 aromatic rings. The van der Waals surface area contributed by atoms with Crippen LogP contribution in [0.4, 0.5) is 5.69 Å². The van der Waals surface area contributed by atoms with Gasteiger partial charge in [-0.3, -0.25) is 24.3 Å². The first-order chi connectivity index (χ1) is 12.6. The van der Waals surface area contributed by atoms with E-state index in [2.05, 4.69) is 15.5 Å². The molecule has 148 valence electrons. The summed E-state index contributed by atoms with van der Waals surface area (Å²) in [6.45, 7) is 8.00. The van der Waals surface area contributed by atoms with Gasteiger partial charge in [-0.05, 0) is 27.2 Å². The first-order valence-corrected chi connectivity index (χ1v) is 9.23. The summed E-state index contributed by atoms with van der Waals surface area (Å²) in [6, 6.07) is 0. The van der Waals surface area contributed by atoms with E-state index in [4.69, 9.17) is 23.2 Å². The number of hydrogen-bond donors (Lipinski definition) is 1. The van der Waals surface area contributed by atoms with Crippen molar-refractivity contribution in [1.29, 1.82) is 0 Å². The number of amides is 1. The van der Waals surface area contributed by atoms with Gasteiger partial charge in [-0.15, -0.1) is 0 Å². The first kappa shape index (κ1) is 21.2. The van der Waals surface area contributed by atoms with Gasteiger partial charge in [-0.25, -0.2) is 0 Å². The quantitative estimate of drug-likeness (QED) is 0.404. The van der Waals surface area contributed by atoms with Gasteiger partial charge in [0.15, 0.2) is 0 Å². The van der Waals surface area contributed by atoms with Crippen LogP contribution in [0.15, 0.2) is 0 Å². The van der Waals surface area contributed by atoms with E-state index < -0.39 is 4.92 Å². The summed E-state index contributed by atoms with van der Waals surface area (Å²) in [5, 5.41) is 23.1. The number of aryl methyl sites for hydroxylation is 3.